The van der Waals surface area contributed by atoms with Crippen molar-refractivity contribution in [2.24, 2.45) is 10.7 Å². The van der Waals surface area contributed by atoms with Crippen LogP contribution in [-0.2, 0) is 21.8 Å². The summed E-state index contributed by atoms with van der Waals surface area (Å²) in [6, 6.07) is 8.37. The Labute approximate surface area is 178 Å². The Balaban J connectivity index is 2.05. The molecule has 30 heavy (non-hydrogen) atoms. The molecule has 0 saturated carbocycles. The van der Waals surface area contributed by atoms with Gasteiger partial charge in [-0.15, -0.1) is 0 Å². The Bertz CT molecular complexity index is 1160. The molecule has 0 radical (unpaired) electrons. The molecular weight excluding hydrogens is 434 g/mol. The van der Waals surface area contributed by atoms with Crippen LogP contribution in [0, 0.1) is 11.6 Å². The molecular formula is C21H21ClF2N2O3S. The van der Waals surface area contributed by atoms with Crippen molar-refractivity contribution < 1.29 is 22.0 Å². The van der Waals surface area contributed by atoms with Gasteiger partial charge in [0.1, 0.15) is 16.1 Å². The molecule has 0 spiro atoms. The number of nitrogens with two attached hydrogens (primary N) is 1. The van der Waals surface area contributed by atoms with E-state index in [1.807, 2.05) is 0 Å². The van der Waals surface area contributed by atoms with Gasteiger partial charge in [0.15, 0.2) is 27.3 Å². The Morgan fingerprint density at radius 3 is 2.33 bits per heavy atom. The summed E-state index contributed by atoms with van der Waals surface area (Å²) in [5, 5.41) is 0.464. The van der Waals surface area contributed by atoms with Crippen molar-refractivity contribution in [3.63, 3.8) is 0 Å². The lowest BCUT2D eigenvalue weighted by atomic mass is 9.90. The number of ketones is 1. The molecule has 1 heterocycles. The summed E-state index contributed by atoms with van der Waals surface area (Å²) in [6.07, 6.45) is -0.209. The second-order valence-corrected chi connectivity index (χ2v) is 11.1. The van der Waals surface area contributed by atoms with Gasteiger partial charge in [-0.05, 0) is 62.7 Å². The minimum atomic E-state index is -3.80. The average Bonchev–Trinajstić information content (AvgIpc) is 2.63. The lowest BCUT2D eigenvalue weighted by Gasteiger charge is -2.38. The van der Waals surface area contributed by atoms with Crippen molar-refractivity contribution in [2.75, 3.05) is 5.75 Å². The van der Waals surface area contributed by atoms with E-state index < -0.39 is 37.5 Å². The van der Waals surface area contributed by atoms with Crippen LogP contribution in [0.25, 0.3) is 0 Å². The highest BCUT2D eigenvalue weighted by molar-refractivity contribution is 7.93. The first kappa shape index (κ1) is 22.4. The molecule has 1 atom stereocenters. The summed E-state index contributed by atoms with van der Waals surface area (Å²) in [5.74, 6) is -3.46. The molecule has 2 N–H and O–H groups in total. The quantitative estimate of drug-likeness (QED) is 0.711. The van der Waals surface area contributed by atoms with Gasteiger partial charge in [0.25, 0.3) is 0 Å². The van der Waals surface area contributed by atoms with E-state index in [-0.39, 0.29) is 29.2 Å². The van der Waals surface area contributed by atoms with E-state index in [9.17, 15) is 22.0 Å². The van der Waals surface area contributed by atoms with Crippen LogP contribution in [0.4, 0.5) is 8.78 Å². The number of rotatable bonds is 4. The number of halogens is 3. The van der Waals surface area contributed by atoms with Crippen molar-refractivity contribution in [1.82, 2.24) is 0 Å². The van der Waals surface area contributed by atoms with Gasteiger partial charge >= 0.3 is 0 Å². The van der Waals surface area contributed by atoms with E-state index in [4.69, 9.17) is 17.3 Å². The number of hydrogen-bond donors (Lipinski definition) is 1. The average molecular weight is 455 g/mol. The molecule has 5 nitrogen and oxygen atoms in total. The predicted molar refractivity (Wildman–Crippen MR) is 113 cm³/mol. The number of aliphatic imine (C=N–C) groups is 1. The van der Waals surface area contributed by atoms with Crippen LogP contribution in [0.3, 0.4) is 0 Å². The monoisotopic (exact) mass is 454 g/mol. The standard InChI is InChI=1S/C21H21ClF2N2O3S/c1-20(2)19(25)26-21(3,11-30(20,28)29)15-8-12(9-16(23)18(15)24)10-17(27)13-4-6-14(22)7-5-13/h4-9H,10-11H2,1-3H3,(H2,25,26)/t21-/m0/s1. The second-order valence-electron chi connectivity index (χ2n) is 8.09. The first-order valence-corrected chi connectivity index (χ1v) is 11.2. The second kappa shape index (κ2) is 7.42. The molecule has 0 saturated heterocycles. The fraction of sp³-hybridized carbons (Fsp3) is 0.333. The van der Waals surface area contributed by atoms with Crippen molar-refractivity contribution in [3.05, 3.63) is 69.7 Å². The van der Waals surface area contributed by atoms with Crippen LogP contribution < -0.4 is 5.73 Å². The summed E-state index contributed by atoms with van der Waals surface area (Å²) in [6.45, 7) is 4.22. The van der Waals surface area contributed by atoms with Crippen LogP contribution in [0.15, 0.2) is 41.4 Å². The topological polar surface area (TPSA) is 89.6 Å². The van der Waals surface area contributed by atoms with E-state index in [0.29, 0.717) is 10.6 Å². The fourth-order valence-electron chi connectivity index (χ4n) is 3.34. The zero-order valence-electron chi connectivity index (χ0n) is 16.7. The molecule has 2 aromatic rings. The Morgan fingerprint density at radius 1 is 1.17 bits per heavy atom. The van der Waals surface area contributed by atoms with Crippen LogP contribution >= 0.6 is 11.6 Å². The molecule has 3 rings (SSSR count). The molecule has 0 unspecified atom stereocenters. The Morgan fingerprint density at radius 2 is 1.77 bits per heavy atom. The third-order valence-corrected chi connectivity index (χ3v) is 8.39. The van der Waals surface area contributed by atoms with Crippen LogP contribution in [0.2, 0.25) is 5.02 Å². The van der Waals surface area contributed by atoms with E-state index in [2.05, 4.69) is 4.99 Å². The van der Waals surface area contributed by atoms with Gasteiger partial charge in [-0.25, -0.2) is 17.2 Å². The number of amidine groups is 1. The molecule has 0 aromatic heterocycles. The molecule has 9 heteroatoms. The fourth-order valence-corrected chi connectivity index (χ4v) is 5.15. The maximum absolute atomic E-state index is 14.7. The third kappa shape index (κ3) is 3.86. The van der Waals surface area contributed by atoms with E-state index in [1.165, 1.54) is 39.0 Å². The molecule has 1 aliphatic heterocycles. The number of benzene rings is 2. The summed E-state index contributed by atoms with van der Waals surface area (Å²) in [7, 11) is -3.80. The van der Waals surface area contributed by atoms with E-state index in [1.54, 1.807) is 12.1 Å². The minimum absolute atomic E-state index is 0.182. The molecule has 1 aliphatic rings. The minimum Gasteiger partial charge on any atom is -0.386 e. The molecule has 0 fully saturated rings. The van der Waals surface area contributed by atoms with Gasteiger partial charge in [0.2, 0.25) is 0 Å². The lowest BCUT2D eigenvalue weighted by molar-refractivity contribution is 0.0993. The van der Waals surface area contributed by atoms with Gasteiger partial charge in [0.05, 0.1) is 5.75 Å². The zero-order chi connectivity index (χ0) is 22.5. The lowest BCUT2D eigenvalue weighted by Crippen LogP contribution is -2.55. The zero-order valence-corrected chi connectivity index (χ0v) is 18.2. The molecule has 0 amide bonds. The first-order valence-electron chi connectivity index (χ1n) is 9.12. The largest absolute Gasteiger partial charge is 0.386 e. The SMILES string of the molecule is CC1(C)C(N)=N[C@](C)(c2cc(CC(=O)c3ccc(Cl)cc3)cc(F)c2F)CS1(=O)=O. The summed E-state index contributed by atoms with van der Waals surface area (Å²) in [4.78, 5) is 16.8. The van der Waals surface area contributed by atoms with Crippen LogP contribution in [0.5, 0.6) is 0 Å². The maximum Gasteiger partial charge on any atom is 0.167 e. The van der Waals surface area contributed by atoms with Gasteiger partial charge in [0, 0.05) is 22.6 Å². The number of nitrogens with zero attached hydrogens (tertiary/aromatic N) is 1. The number of carbonyl (C=O) groups is 1. The molecule has 2 aromatic carbocycles. The van der Waals surface area contributed by atoms with Crippen molar-refractivity contribution in [3.8, 4) is 0 Å². The normalized spacial score (nSPS) is 22.4. The molecule has 0 bridgehead atoms. The van der Waals surface area contributed by atoms with Gasteiger partial charge in [-0.3, -0.25) is 9.79 Å². The van der Waals surface area contributed by atoms with Gasteiger partial charge in [-0.1, -0.05) is 11.6 Å². The van der Waals surface area contributed by atoms with Gasteiger partial charge < -0.3 is 5.73 Å². The summed E-state index contributed by atoms with van der Waals surface area (Å²) in [5.41, 5.74) is 4.56. The van der Waals surface area contributed by atoms with E-state index in [0.717, 1.165) is 6.07 Å². The molecule has 0 aliphatic carbocycles. The van der Waals surface area contributed by atoms with Crippen LogP contribution in [0.1, 0.15) is 42.3 Å². The van der Waals surface area contributed by atoms with Crippen molar-refractivity contribution in [2.45, 2.75) is 37.5 Å². The number of hydrogen-bond acceptors (Lipinski definition) is 5. The summed E-state index contributed by atoms with van der Waals surface area (Å²) < 4.78 is 53.1. The van der Waals surface area contributed by atoms with Gasteiger partial charge in [-0.2, -0.15) is 0 Å². The number of Topliss-reactive ketones (excluding diaryl/α,β-unsaturated/α-hetero) is 1. The highest BCUT2D eigenvalue weighted by atomic mass is 35.5. The van der Waals surface area contributed by atoms with E-state index >= 15 is 0 Å². The Hall–Kier alpha value is -2.32. The van der Waals surface area contributed by atoms with Crippen molar-refractivity contribution in [1.29, 1.82) is 0 Å². The Kier molecular flexibility index (Phi) is 5.54. The van der Waals surface area contributed by atoms with Crippen LogP contribution in [-0.4, -0.2) is 30.5 Å². The predicted octanol–water partition coefficient (Wildman–Crippen LogP) is 3.82. The van der Waals surface area contributed by atoms with Crippen molar-refractivity contribution >= 4 is 33.1 Å². The third-order valence-electron chi connectivity index (χ3n) is 5.43. The maximum atomic E-state index is 14.7. The first-order chi connectivity index (χ1) is 13.8. The number of sulfone groups is 1. The summed E-state index contributed by atoms with van der Waals surface area (Å²) >= 11 is 5.82. The smallest absolute Gasteiger partial charge is 0.167 e. The molecule has 160 valence electrons. The number of carbonyl (C=O) groups excluding carboxylic acids is 1. The highest BCUT2D eigenvalue weighted by Crippen LogP contribution is 2.38. The highest BCUT2D eigenvalue weighted by Gasteiger charge is 2.49.